The lowest BCUT2D eigenvalue weighted by Crippen LogP contribution is -2.24. The Bertz CT molecular complexity index is 614. The SMILES string of the molecule is Cc1cc(C)c(C(C)N[C@@H](C)c2cccc(Cl)c2)c(C)n1. The first-order chi connectivity index (χ1) is 9.88. The van der Waals surface area contributed by atoms with Gasteiger partial charge in [0.15, 0.2) is 0 Å². The van der Waals surface area contributed by atoms with Crippen LogP contribution in [0.25, 0.3) is 0 Å². The molecule has 21 heavy (non-hydrogen) atoms. The molecule has 0 aliphatic rings. The van der Waals surface area contributed by atoms with Gasteiger partial charge in [-0.3, -0.25) is 4.98 Å². The Balaban J connectivity index is 2.20. The van der Waals surface area contributed by atoms with Gasteiger partial charge in [0.05, 0.1) is 0 Å². The van der Waals surface area contributed by atoms with Crippen LogP contribution in [0.1, 0.15) is 54.0 Å². The van der Waals surface area contributed by atoms with E-state index < -0.39 is 0 Å². The monoisotopic (exact) mass is 302 g/mol. The number of nitrogens with one attached hydrogen (secondary N) is 1. The van der Waals surface area contributed by atoms with Crippen LogP contribution in [-0.2, 0) is 0 Å². The van der Waals surface area contributed by atoms with Crippen molar-refractivity contribution in [3.8, 4) is 0 Å². The normalized spacial score (nSPS) is 14.0. The van der Waals surface area contributed by atoms with Crippen LogP contribution in [-0.4, -0.2) is 4.98 Å². The van der Waals surface area contributed by atoms with E-state index in [1.54, 1.807) is 0 Å². The first kappa shape index (κ1) is 16.0. The summed E-state index contributed by atoms with van der Waals surface area (Å²) in [6, 6.07) is 10.6. The Labute approximate surface area is 132 Å². The fourth-order valence-corrected chi connectivity index (χ4v) is 3.22. The molecule has 0 spiro atoms. The largest absolute Gasteiger partial charge is 0.304 e. The summed E-state index contributed by atoms with van der Waals surface area (Å²) in [7, 11) is 0. The number of hydrogen-bond donors (Lipinski definition) is 1. The van der Waals surface area contributed by atoms with E-state index in [-0.39, 0.29) is 12.1 Å². The summed E-state index contributed by atoms with van der Waals surface area (Å²) in [5, 5.41) is 4.42. The predicted octanol–water partition coefficient (Wildman–Crippen LogP) is 5.07. The van der Waals surface area contributed by atoms with Gasteiger partial charge in [0.2, 0.25) is 0 Å². The van der Waals surface area contributed by atoms with Crippen molar-refractivity contribution in [3.05, 3.63) is 63.4 Å². The van der Waals surface area contributed by atoms with E-state index >= 15 is 0 Å². The lowest BCUT2D eigenvalue weighted by atomic mass is 9.98. The van der Waals surface area contributed by atoms with Crippen LogP contribution >= 0.6 is 11.6 Å². The number of aromatic nitrogens is 1. The first-order valence-corrected chi connectivity index (χ1v) is 7.72. The average Bonchev–Trinajstić information content (AvgIpc) is 2.37. The zero-order valence-electron chi connectivity index (χ0n) is 13.4. The van der Waals surface area contributed by atoms with Gasteiger partial charge in [-0.25, -0.2) is 0 Å². The highest BCUT2D eigenvalue weighted by atomic mass is 35.5. The van der Waals surface area contributed by atoms with E-state index in [1.807, 2.05) is 25.1 Å². The molecule has 2 nitrogen and oxygen atoms in total. The highest BCUT2D eigenvalue weighted by Crippen LogP contribution is 2.25. The van der Waals surface area contributed by atoms with Crippen molar-refractivity contribution in [2.45, 2.75) is 46.7 Å². The highest BCUT2D eigenvalue weighted by Gasteiger charge is 2.16. The van der Waals surface area contributed by atoms with Crippen LogP contribution in [0.15, 0.2) is 30.3 Å². The maximum atomic E-state index is 6.07. The molecule has 2 aromatic rings. The minimum Gasteiger partial charge on any atom is -0.304 e. The van der Waals surface area contributed by atoms with Crippen LogP contribution in [0.4, 0.5) is 0 Å². The zero-order valence-corrected chi connectivity index (χ0v) is 14.1. The Morgan fingerprint density at radius 1 is 1.05 bits per heavy atom. The van der Waals surface area contributed by atoms with Crippen LogP contribution in [0.5, 0.6) is 0 Å². The van der Waals surface area contributed by atoms with Gasteiger partial charge in [0.25, 0.3) is 0 Å². The van der Waals surface area contributed by atoms with Crippen LogP contribution in [0.3, 0.4) is 0 Å². The number of halogens is 1. The molecule has 2 rings (SSSR count). The summed E-state index contributed by atoms with van der Waals surface area (Å²) in [4.78, 5) is 4.59. The van der Waals surface area contributed by atoms with Crippen LogP contribution < -0.4 is 5.32 Å². The van der Waals surface area contributed by atoms with Gasteiger partial charge in [-0.15, -0.1) is 0 Å². The second-order valence-electron chi connectivity index (χ2n) is 5.74. The molecule has 1 aromatic carbocycles. The smallest absolute Gasteiger partial charge is 0.0426 e. The lowest BCUT2D eigenvalue weighted by molar-refractivity contribution is 0.490. The molecule has 0 saturated heterocycles. The van der Waals surface area contributed by atoms with Crippen LogP contribution in [0.2, 0.25) is 5.02 Å². The van der Waals surface area contributed by atoms with Gasteiger partial charge in [0.1, 0.15) is 0 Å². The minimum atomic E-state index is 0.235. The van der Waals surface area contributed by atoms with Crippen molar-refractivity contribution in [2.75, 3.05) is 0 Å². The first-order valence-electron chi connectivity index (χ1n) is 7.34. The molecule has 1 aromatic heterocycles. The van der Waals surface area contributed by atoms with Crippen LogP contribution in [0, 0.1) is 20.8 Å². The Hall–Kier alpha value is -1.38. The van der Waals surface area contributed by atoms with Gasteiger partial charge >= 0.3 is 0 Å². The molecule has 0 amide bonds. The number of nitrogens with zero attached hydrogens (tertiary/aromatic N) is 1. The molecule has 1 unspecified atom stereocenters. The third-order valence-corrected chi connectivity index (χ3v) is 4.10. The molecule has 0 saturated carbocycles. The number of aryl methyl sites for hydroxylation is 3. The fraction of sp³-hybridized carbons (Fsp3) is 0.389. The molecule has 0 aliphatic heterocycles. The second kappa shape index (κ2) is 6.59. The summed E-state index contributed by atoms with van der Waals surface area (Å²) in [6.45, 7) is 10.6. The standard InChI is InChI=1S/C18H23ClN2/c1-11-9-12(2)20-14(4)18(11)15(5)21-13(3)16-7-6-8-17(19)10-16/h6-10,13,15,21H,1-5H3/t13-,15?/m0/s1. The quantitative estimate of drug-likeness (QED) is 0.852. The molecule has 112 valence electrons. The molecule has 0 fully saturated rings. The third kappa shape index (κ3) is 3.84. The van der Waals surface area contributed by atoms with Gasteiger partial charge < -0.3 is 5.32 Å². The van der Waals surface area contributed by atoms with Crippen molar-refractivity contribution in [2.24, 2.45) is 0 Å². The summed E-state index contributed by atoms with van der Waals surface area (Å²) >= 11 is 6.07. The predicted molar refractivity (Wildman–Crippen MR) is 89.9 cm³/mol. The number of benzene rings is 1. The Morgan fingerprint density at radius 2 is 1.76 bits per heavy atom. The molecular weight excluding hydrogens is 280 g/mol. The molecule has 3 heteroatoms. The highest BCUT2D eigenvalue weighted by molar-refractivity contribution is 6.30. The number of hydrogen-bond acceptors (Lipinski definition) is 2. The van der Waals surface area contributed by atoms with Crippen molar-refractivity contribution in [3.63, 3.8) is 0 Å². The molecule has 0 bridgehead atoms. The van der Waals surface area contributed by atoms with Gasteiger partial charge in [-0.1, -0.05) is 23.7 Å². The summed E-state index contributed by atoms with van der Waals surface area (Å²) in [6.07, 6.45) is 0. The summed E-state index contributed by atoms with van der Waals surface area (Å²) < 4.78 is 0. The maximum Gasteiger partial charge on any atom is 0.0426 e. The molecule has 1 N–H and O–H groups in total. The molecule has 2 atom stereocenters. The lowest BCUT2D eigenvalue weighted by Gasteiger charge is -2.23. The van der Waals surface area contributed by atoms with Gasteiger partial charge in [-0.05, 0) is 69.5 Å². The maximum absolute atomic E-state index is 6.07. The molecule has 1 heterocycles. The average molecular weight is 303 g/mol. The Morgan fingerprint density at radius 3 is 2.38 bits per heavy atom. The summed E-state index contributed by atoms with van der Waals surface area (Å²) in [5.41, 5.74) is 5.95. The van der Waals surface area contributed by atoms with Gasteiger partial charge in [-0.2, -0.15) is 0 Å². The van der Waals surface area contributed by atoms with Gasteiger partial charge in [0, 0.05) is 28.5 Å². The van der Waals surface area contributed by atoms with Crippen molar-refractivity contribution < 1.29 is 0 Å². The number of rotatable bonds is 4. The Kier molecular flexibility index (Phi) is 5.02. The van der Waals surface area contributed by atoms with Crippen molar-refractivity contribution in [1.29, 1.82) is 0 Å². The third-order valence-electron chi connectivity index (χ3n) is 3.87. The van der Waals surface area contributed by atoms with E-state index in [1.165, 1.54) is 16.7 Å². The van der Waals surface area contributed by atoms with E-state index in [0.29, 0.717) is 0 Å². The van der Waals surface area contributed by atoms with E-state index in [0.717, 1.165) is 16.4 Å². The van der Waals surface area contributed by atoms with Crippen molar-refractivity contribution >= 4 is 11.6 Å². The zero-order chi connectivity index (χ0) is 15.6. The fourth-order valence-electron chi connectivity index (χ4n) is 3.02. The summed E-state index contributed by atoms with van der Waals surface area (Å²) in [5.74, 6) is 0. The minimum absolute atomic E-state index is 0.235. The molecular formula is C18H23ClN2. The molecule has 0 radical (unpaired) electrons. The topological polar surface area (TPSA) is 24.9 Å². The number of pyridine rings is 1. The van der Waals surface area contributed by atoms with E-state index in [9.17, 15) is 0 Å². The van der Waals surface area contributed by atoms with E-state index in [2.05, 4.69) is 50.1 Å². The van der Waals surface area contributed by atoms with E-state index in [4.69, 9.17) is 11.6 Å². The van der Waals surface area contributed by atoms with Crippen molar-refractivity contribution in [1.82, 2.24) is 10.3 Å². The molecule has 0 aliphatic carbocycles. The second-order valence-corrected chi connectivity index (χ2v) is 6.18.